The highest BCUT2D eigenvalue weighted by Crippen LogP contribution is 2.32. The SMILES string of the molecule is CN(C)Cc1ccnc([C@H]2CCCN2C(=O)c2n[nH]c3c2CCCC3)n1. The summed E-state index contributed by atoms with van der Waals surface area (Å²) < 4.78 is 0. The van der Waals surface area contributed by atoms with Crippen molar-refractivity contribution in [2.45, 2.75) is 51.1 Å². The van der Waals surface area contributed by atoms with Gasteiger partial charge in [-0.1, -0.05) is 0 Å². The minimum atomic E-state index is -0.0550. The summed E-state index contributed by atoms with van der Waals surface area (Å²) in [6, 6.07) is 1.88. The van der Waals surface area contributed by atoms with Crippen LogP contribution in [-0.2, 0) is 19.4 Å². The first kappa shape index (κ1) is 17.1. The summed E-state index contributed by atoms with van der Waals surface area (Å²) in [7, 11) is 4.04. The van der Waals surface area contributed by atoms with Gasteiger partial charge in [0.2, 0.25) is 0 Å². The number of aromatic nitrogens is 4. The van der Waals surface area contributed by atoms with Crippen LogP contribution >= 0.6 is 0 Å². The molecule has 0 bridgehead atoms. The molecule has 0 radical (unpaired) electrons. The summed E-state index contributed by atoms with van der Waals surface area (Å²) in [5.74, 6) is 0.771. The maximum absolute atomic E-state index is 13.2. The van der Waals surface area contributed by atoms with Crippen molar-refractivity contribution in [2.24, 2.45) is 0 Å². The molecular formula is C19H26N6O. The number of likely N-dealkylation sites (tertiary alicyclic amines) is 1. The second-order valence-corrected chi connectivity index (χ2v) is 7.54. The largest absolute Gasteiger partial charge is 0.327 e. The van der Waals surface area contributed by atoms with Crippen LogP contribution in [0.5, 0.6) is 0 Å². The Morgan fingerprint density at radius 1 is 1.31 bits per heavy atom. The highest BCUT2D eigenvalue weighted by Gasteiger charge is 2.35. The van der Waals surface area contributed by atoms with Gasteiger partial charge in [0.25, 0.3) is 5.91 Å². The van der Waals surface area contributed by atoms with Crippen LogP contribution in [0.3, 0.4) is 0 Å². The fraction of sp³-hybridized carbons (Fsp3) is 0.579. The molecule has 2 aromatic rings. The molecule has 0 saturated carbocycles. The van der Waals surface area contributed by atoms with Crippen LogP contribution in [-0.4, -0.2) is 56.5 Å². The van der Waals surface area contributed by atoms with Gasteiger partial charge in [0.15, 0.2) is 11.5 Å². The molecule has 26 heavy (non-hydrogen) atoms. The summed E-state index contributed by atoms with van der Waals surface area (Å²) >= 11 is 0. The van der Waals surface area contributed by atoms with E-state index in [0.29, 0.717) is 5.69 Å². The number of aromatic amines is 1. The van der Waals surface area contributed by atoms with E-state index in [4.69, 9.17) is 4.98 Å². The minimum Gasteiger partial charge on any atom is -0.327 e. The van der Waals surface area contributed by atoms with E-state index in [0.717, 1.165) is 68.0 Å². The Hall–Kier alpha value is -2.28. The van der Waals surface area contributed by atoms with Crippen LogP contribution in [0, 0.1) is 0 Å². The molecule has 0 aromatic carbocycles. The predicted molar refractivity (Wildman–Crippen MR) is 97.7 cm³/mol. The summed E-state index contributed by atoms with van der Waals surface area (Å²) in [6.45, 7) is 1.51. The number of hydrogen-bond acceptors (Lipinski definition) is 5. The summed E-state index contributed by atoms with van der Waals surface area (Å²) in [6.07, 6.45) is 7.93. The highest BCUT2D eigenvalue weighted by molar-refractivity contribution is 5.94. The zero-order chi connectivity index (χ0) is 18.1. The van der Waals surface area contributed by atoms with E-state index in [1.165, 1.54) is 6.42 Å². The second-order valence-electron chi connectivity index (χ2n) is 7.54. The molecule has 4 rings (SSSR count). The number of fused-ring (bicyclic) bond motifs is 1. The smallest absolute Gasteiger partial charge is 0.275 e. The van der Waals surface area contributed by atoms with Crippen molar-refractivity contribution < 1.29 is 4.79 Å². The Balaban J connectivity index is 1.59. The van der Waals surface area contributed by atoms with Crippen molar-refractivity contribution in [3.8, 4) is 0 Å². The molecule has 0 unspecified atom stereocenters. The molecule has 0 spiro atoms. The van der Waals surface area contributed by atoms with Gasteiger partial charge in [-0.25, -0.2) is 9.97 Å². The van der Waals surface area contributed by atoms with Crippen LogP contribution in [0.4, 0.5) is 0 Å². The molecule has 7 heteroatoms. The third-order valence-electron chi connectivity index (χ3n) is 5.28. The van der Waals surface area contributed by atoms with Gasteiger partial charge in [0.1, 0.15) is 0 Å². The Kier molecular flexibility index (Phi) is 4.72. The Labute approximate surface area is 153 Å². The standard InChI is InChI=1S/C19H26N6O/c1-24(2)12-13-9-10-20-18(21-13)16-8-5-11-25(16)19(26)17-14-6-3-4-7-15(14)22-23-17/h9-10,16H,3-8,11-12H2,1-2H3,(H,22,23)/t16-/m1/s1. The van der Waals surface area contributed by atoms with E-state index in [2.05, 4.69) is 20.1 Å². The van der Waals surface area contributed by atoms with Crippen LogP contribution in [0.15, 0.2) is 12.3 Å². The average Bonchev–Trinajstić information content (AvgIpc) is 3.28. The van der Waals surface area contributed by atoms with E-state index in [-0.39, 0.29) is 11.9 Å². The molecule has 138 valence electrons. The molecule has 1 saturated heterocycles. The van der Waals surface area contributed by atoms with Crippen molar-refractivity contribution in [1.29, 1.82) is 0 Å². The monoisotopic (exact) mass is 354 g/mol. The first-order valence-electron chi connectivity index (χ1n) is 9.47. The van der Waals surface area contributed by atoms with Gasteiger partial charge < -0.3 is 9.80 Å². The molecule has 2 aromatic heterocycles. The third-order valence-corrected chi connectivity index (χ3v) is 5.28. The van der Waals surface area contributed by atoms with Crippen LogP contribution in [0.1, 0.15) is 65.0 Å². The number of aryl methyl sites for hydroxylation is 1. The van der Waals surface area contributed by atoms with Crippen LogP contribution in [0.25, 0.3) is 0 Å². The first-order valence-corrected chi connectivity index (χ1v) is 9.47. The molecule has 1 aliphatic heterocycles. The van der Waals surface area contributed by atoms with Gasteiger partial charge in [0.05, 0.1) is 11.7 Å². The van der Waals surface area contributed by atoms with E-state index >= 15 is 0 Å². The highest BCUT2D eigenvalue weighted by atomic mass is 16.2. The Bertz CT molecular complexity index is 799. The normalized spacial score (nSPS) is 19.8. The Morgan fingerprint density at radius 3 is 3.00 bits per heavy atom. The van der Waals surface area contributed by atoms with E-state index in [1.54, 1.807) is 6.20 Å². The van der Waals surface area contributed by atoms with Gasteiger partial charge in [0, 0.05) is 30.5 Å². The lowest BCUT2D eigenvalue weighted by Gasteiger charge is -2.24. The Morgan fingerprint density at radius 2 is 2.15 bits per heavy atom. The minimum absolute atomic E-state index is 0.0218. The van der Waals surface area contributed by atoms with Crippen LogP contribution in [0.2, 0.25) is 0 Å². The maximum atomic E-state index is 13.2. The number of nitrogens with zero attached hydrogens (tertiary/aromatic N) is 5. The average molecular weight is 354 g/mol. The van der Waals surface area contributed by atoms with Gasteiger partial charge in [-0.05, 0) is 58.7 Å². The molecule has 7 nitrogen and oxygen atoms in total. The van der Waals surface area contributed by atoms with Gasteiger partial charge >= 0.3 is 0 Å². The molecule has 1 fully saturated rings. The third kappa shape index (κ3) is 3.23. The second kappa shape index (κ2) is 7.15. The van der Waals surface area contributed by atoms with Crippen molar-refractivity contribution >= 4 is 5.91 Å². The lowest BCUT2D eigenvalue weighted by molar-refractivity contribution is 0.0722. The number of carbonyl (C=O) groups is 1. The van der Waals surface area contributed by atoms with Gasteiger partial charge in [-0.15, -0.1) is 0 Å². The number of hydrogen-bond donors (Lipinski definition) is 1. The fourth-order valence-electron chi connectivity index (χ4n) is 4.06. The van der Waals surface area contributed by atoms with E-state index in [1.807, 2.05) is 25.1 Å². The summed E-state index contributed by atoms with van der Waals surface area (Å²) in [5.41, 5.74) is 3.85. The number of amides is 1. The van der Waals surface area contributed by atoms with Crippen LogP contribution < -0.4 is 0 Å². The molecule has 1 amide bonds. The first-order chi connectivity index (χ1) is 12.6. The molecule has 1 atom stereocenters. The number of rotatable bonds is 4. The molecule has 1 aliphatic carbocycles. The van der Waals surface area contributed by atoms with Crippen molar-refractivity contribution in [2.75, 3.05) is 20.6 Å². The van der Waals surface area contributed by atoms with Gasteiger partial charge in [-0.3, -0.25) is 9.89 Å². The van der Waals surface area contributed by atoms with Crippen molar-refractivity contribution in [1.82, 2.24) is 30.0 Å². The molecule has 2 aliphatic rings. The topological polar surface area (TPSA) is 78.0 Å². The quantitative estimate of drug-likeness (QED) is 0.910. The number of carbonyl (C=O) groups excluding carboxylic acids is 1. The van der Waals surface area contributed by atoms with E-state index in [9.17, 15) is 4.79 Å². The summed E-state index contributed by atoms with van der Waals surface area (Å²) in [5, 5.41) is 7.45. The van der Waals surface area contributed by atoms with Crippen molar-refractivity contribution in [3.63, 3.8) is 0 Å². The zero-order valence-electron chi connectivity index (χ0n) is 15.5. The lowest BCUT2D eigenvalue weighted by atomic mass is 9.95. The number of nitrogens with one attached hydrogen (secondary N) is 1. The molecule has 3 heterocycles. The maximum Gasteiger partial charge on any atom is 0.275 e. The van der Waals surface area contributed by atoms with Gasteiger partial charge in [-0.2, -0.15) is 5.10 Å². The van der Waals surface area contributed by atoms with E-state index < -0.39 is 0 Å². The number of H-pyrrole nitrogens is 1. The lowest BCUT2D eigenvalue weighted by Crippen LogP contribution is -2.32. The summed E-state index contributed by atoms with van der Waals surface area (Å²) in [4.78, 5) is 26.4. The van der Waals surface area contributed by atoms with Crippen molar-refractivity contribution in [3.05, 3.63) is 40.7 Å². The zero-order valence-corrected chi connectivity index (χ0v) is 15.5. The molecule has 1 N–H and O–H groups in total. The molecular weight excluding hydrogens is 328 g/mol. The predicted octanol–water partition coefficient (Wildman–Crippen LogP) is 2.12. The fourth-order valence-corrected chi connectivity index (χ4v) is 4.06.